The number of halogens is 2. The maximum atomic E-state index is 12.3. The summed E-state index contributed by atoms with van der Waals surface area (Å²) in [5.74, 6) is 0.848. The Kier molecular flexibility index (Phi) is 6.80. The van der Waals surface area contributed by atoms with Crippen molar-refractivity contribution in [3.63, 3.8) is 0 Å². The number of amides is 1. The first-order valence-electron chi connectivity index (χ1n) is 9.50. The highest BCUT2D eigenvalue weighted by atomic mass is 35.5. The van der Waals surface area contributed by atoms with E-state index in [-0.39, 0.29) is 17.5 Å². The molecule has 0 saturated carbocycles. The molecule has 0 fully saturated rings. The maximum Gasteiger partial charge on any atom is 0.305 e. The van der Waals surface area contributed by atoms with E-state index in [1.165, 1.54) is 0 Å². The molecule has 0 atom stereocenters. The highest BCUT2D eigenvalue weighted by Gasteiger charge is 2.12. The minimum atomic E-state index is -0.491. The van der Waals surface area contributed by atoms with Gasteiger partial charge in [-0.1, -0.05) is 53.5 Å². The van der Waals surface area contributed by atoms with Crippen molar-refractivity contribution < 1.29 is 13.9 Å². The number of hydrazine groups is 1. The molecule has 1 aromatic heterocycles. The molecule has 0 radical (unpaired) electrons. The molecule has 3 aromatic carbocycles. The zero-order valence-corrected chi connectivity index (χ0v) is 18.9. The fraction of sp³-hybridized carbons (Fsp3) is 0.0435. The lowest BCUT2D eigenvalue weighted by Gasteiger charge is -2.11. The number of furan rings is 1. The van der Waals surface area contributed by atoms with Crippen LogP contribution in [-0.2, 0) is 6.61 Å². The predicted octanol–water partition coefficient (Wildman–Crippen LogP) is 5.95. The van der Waals surface area contributed by atoms with Crippen molar-refractivity contribution >= 4 is 62.9 Å². The number of carbonyl (C=O) groups excluding carboxylic acids is 1. The summed E-state index contributed by atoms with van der Waals surface area (Å²) < 4.78 is 11.3. The summed E-state index contributed by atoms with van der Waals surface area (Å²) in [4.78, 5) is 12.3. The first kappa shape index (κ1) is 22.0. The number of thiocarbonyl (C=S) groups is 1. The molecule has 1 heterocycles. The number of anilines is 1. The van der Waals surface area contributed by atoms with Gasteiger partial charge in [0.1, 0.15) is 18.1 Å². The summed E-state index contributed by atoms with van der Waals surface area (Å²) in [6, 6.07) is 22.0. The molecule has 0 bridgehead atoms. The van der Waals surface area contributed by atoms with Gasteiger partial charge in [-0.25, -0.2) is 0 Å². The summed E-state index contributed by atoms with van der Waals surface area (Å²) in [6.07, 6.45) is 0. The van der Waals surface area contributed by atoms with Gasteiger partial charge < -0.3 is 14.5 Å². The van der Waals surface area contributed by atoms with E-state index in [0.29, 0.717) is 27.2 Å². The molecule has 4 aromatic rings. The maximum absolute atomic E-state index is 12.3. The van der Waals surface area contributed by atoms with E-state index >= 15 is 0 Å². The van der Waals surface area contributed by atoms with Crippen LogP contribution in [0.1, 0.15) is 16.3 Å². The molecule has 3 N–H and O–H groups in total. The van der Waals surface area contributed by atoms with Gasteiger partial charge in [0.2, 0.25) is 0 Å². The third-order valence-corrected chi connectivity index (χ3v) is 5.04. The monoisotopic (exact) mass is 485 g/mol. The third-order valence-electron chi connectivity index (χ3n) is 4.40. The molecule has 162 valence electrons. The van der Waals surface area contributed by atoms with E-state index in [1.807, 2.05) is 42.5 Å². The summed E-state index contributed by atoms with van der Waals surface area (Å²) >= 11 is 17.1. The molecule has 0 unspecified atom stereocenters. The predicted molar refractivity (Wildman–Crippen MR) is 130 cm³/mol. The smallest absolute Gasteiger partial charge is 0.305 e. The van der Waals surface area contributed by atoms with Gasteiger partial charge >= 0.3 is 5.91 Å². The lowest BCUT2D eigenvalue weighted by Crippen LogP contribution is -2.43. The Hall–Kier alpha value is -3.26. The van der Waals surface area contributed by atoms with Crippen LogP contribution in [0.25, 0.3) is 10.8 Å². The van der Waals surface area contributed by atoms with Gasteiger partial charge in [-0.15, -0.1) is 0 Å². The van der Waals surface area contributed by atoms with Crippen LogP contribution in [0.5, 0.6) is 5.75 Å². The SMILES string of the molecule is O=C(NNC(=S)Nc1cc(Cl)cc(Cl)c1)c1ccc(COc2ccc3ccccc3c2)o1. The minimum Gasteiger partial charge on any atom is -0.486 e. The van der Waals surface area contributed by atoms with E-state index < -0.39 is 5.91 Å². The van der Waals surface area contributed by atoms with E-state index in [1.54, 1.807) is 30.3 Å². The van der Waals surface area contributed by atoms with Crippen molar-refractivity contribution in [2.45, 2.75) is 6.61 Å². The molecule has 6 nitrogen and oxygen atoms in total. The zero-order valence-electron chi connectivity index (χ0n) is 16.5. The number of benzene rings is 3. The second kappa shape index (κ2) is 9.91. The molecule has 4 rings (SSSR count). The number of hydrogen-bond donors (Lipinski definition) is 3. The summed E-state index contributed by atoms with van der Waals surface area (Å²) in [7, 11) is 0. The van der Waals surface area contributed by atoms with Gasteiger partial charge in [-0.3, -0.25) is 15.6 Å². The molecule has 0 spiro atoms. The summed E-state index contributed by atoms with van der Waals surface area (Å²) in [5, 5.41) is 6.16. The van der Waals surface area contributed by atoms with Crippen LogP contribution in [-0.4, -0.2) is 11.0 Å². The lowest BCUT2D eigenvalue weighted by molar-refractivity contribution is 0.0912. The fourth-order valence-electron chi connectivity index (χ4n) is 2.95. The van der Waals surface area contributed by atoms with E-state index in [4.69, 9.17) is 44.6 Å². The van der Waals surface area contributed by atoms with Gasteiger partial charge in [-0.2, -0.15) is 0 Å². The highest BCUT2D eigenvalue weighted by molar-refractivity contribution is 7.80. The Bertz CT molecular complexity index is 1270. The normalized spacial score (nSPS) is 10.6. The van der Waals surface area contributed by atoms with Crippen molar-refractivity contribution in [1.82, 2.24) is 10.9 Å². The number of hydrogen-bond acceptors (Lipinski definition) is 4. The van der Waals surface area contributed by atoms with Crippen LogP contribution in [0.15, 0.2) is 77.2 Å². The van der Waals surface area contributed by atoms with Crippen molar-refractivity contribution in [2.75, 3.05) is 5.32 Å². The zero-order chi connectivity index (χ0) is 22.5. The molecule has 0 saturated heterocycles. The van der Waals surface area contributed by atoms with E-state index in [0.717, 1.165) is 10.8 Å². The second-order valence-corrected chi connectivity index (χ2v) is 8.04. The average Bonchev–Trinajstić information content (AvgIpc) is 3.24. The van der Waals surface area contributed by atoms with Crippen molar-refractivity contribution in [1.29, 1.82) is 0 Å². The van der Waals surface area contributed by atoms with Crippen LogP contribution in [0.4, 0.5) is 5.69 Å². The molecular weight excluding hydrogens is 469 g/mol. The summed E-state index contributed by atoms with van der Waals surface area (Å²) in [5.41, 5.74) is 5.64. The molecule has 0 aliphatic rings. The lowest BCUT2D eigenvalue weighted by atomic mass is 10.1. The van der Waals surface area contributed by atoms with Crippen LogP contribution < -0.4 is 20.9 Å². The molecule has 1 amide bonds. The highest BCUT2D eigenvalue weighted by Crippen LogP contribution is 2.23. The van der Waals surface area contributed by atoms with Gasteiger partial charge in [-0.05, 0) is 65.5 Å². The Morgan fingerprint density at radius 2 is 1.66 bits per heavy atom. The Labute approximate surface area is 199 Å². The Balaban J connectivity index is 1.28. The van der Waals surface area contributed by atoms with Crippen LogP contribution in [0, 0.1) is 0 Å². The molecule has 32 heavy (non-hydrogen) atoms. The van der Waals surface area contributed by atoms with Gasteiger partial charge in [0, 0.05) is 15.7 Å². The van der Waals surface area contributed by atoms with Crippen LogP contribution >= 0.6 is 35.4 Å². The number of nitrogens with one attached hydrogen (secondary N) is 3. The standard InChI is InChI=1S/C23H17Cl2N3O3S/c24-16-10-17(25)12-18(11-16)26-23(32)28-27-22(29)21-8-7-20(31-21)13-30-19-6-5-14-3-1-2-4-15(14)9-19/h1-12H,13H2,(H,27,29)(H2,26,28,32). The number of fused-ring (bicyclic) bond motifs is 1. The molecular formula is C23H17Cl2N3O3S. The van der Waals surface area contributed by atoms with E-state index in [2.05, 4.69) is 16.2 Å². The number of ether oxygens (including phenoxy) is 1. The molecule has 9 heteroatoms. The number of rotatable bonds is 5. The fourth-order valence-corrected chi connectivity index (χ4v) is 3.65. The largest absolute Gasteiger partial charge is 0.486 e. The van der Waals surface area contributed by atoms with Crippen LogP contribution in [0.3, 0.4) is 0 Å². The quantitative estimate of drug-likeness (QED) is 0.239. The molecule has 0 aliphatic carbocycles. The first-order valence-corrected chi connectivity index (χ1v) is 10.7. The summed E-state index contributed by atoms with van der Waals surface area (Å²) in [6.45, 7) is 0.189. The van der Waals surface area contributed by atoms with Gasteiger partial charge in [0.05, 0.1) is 0 Å². The van der Waals surface area contributed by atoms with E-state index in [9.17, 15) is 4.79 Å². The first-order chi connectivity index (χ1) is 15.5. The second-order valence-electron chi connectivity index (χ2n) is 6.75. The average molecular weight is 486 g/mol. The topological polar surface area (TPSA) is 75.5 Å². The van der Waals surface area contributed by atoms with Crippen molar-refractivity contribution in [3.05, 3.63) is 94.4 Å². The Morgan fingerprint density at radius 1 is 0.906 bits per heavy atom. The van der Waals surface area contributed by atoms with Crippen molar-refractivity contribution in [3.8, 4) is 5.75 Å². The van der Waals surface area contributed by atoms with Gasteiger partial charge in [0.15, 0.2) is 10.9 Å². The Morgan fingerprint density at radius 3 is 2.44 bits per heavy atom. The number of carbonyl (C=O) groups is 1. The molecule has 0 aliphatic heterocycles. The van der Waals surface area contributed by atoms with Crippen LogP contribution in [0.2, 0.25) is 10.0 Å². The third kappa shape index (κ3) is 5.70. The minimum absolute atomic E-state index is 0.114. The van der Waals surface area contributed by atoms with Crippen molar-refractivity contribution in [2.24, 2.45) is 0 Å². The van der Waals surface area contributed by atoms with Gasteiger partial charge in [0.25, 0.3) is 0 Å².